The van der Waals surface area contributed by atoms with Crippen molar-refractivity contribution in [3.8, 4) is 17.2 Å². The van der Waals surface area contributed by atoms with E-state index in [-0.39, 0.29) is 6.04 Å². The van der Waals surface area contributed by atoms with Gasteiger partial charge in [0.1, 0.15) is 23.9 Å². The zero-order chi connectivity index (χ0) is 19.1. The molecule has 0 aliphatic heterocycles. The smallest absolute Gasteiger partial charge is 0.171 e. The zero-order valence-corrected chi connectivity index (χ0v) is 16.7. The minimum atomic E-state index is 0.0425. The number of hydrogen-bond donors (Lipinski definition) is 2. The summed E-state index contributed by atoms with van der Waals surface area (Å²) in [6, 6.07) is 11.6. The molecule has 1 atom stereocenters. The Morgan fingerprint density at radius 3 is 2.38 bits per heavy atom. The maximum Gasteiger partial charge on any atom is 0.171 e. The van der Waals surface area contributed by atoms with Crippen LogP contribution in [0.4, 0.5) is 5.69 Å². The summed E-state index contributed by atoms with van der Waals surface area (Å²) in [6.07, 6.45) is 0. The Labute approximate surface area is 160 Å². The van der Waals surface area contributed by atoms with Crippen LogP contribution in [0.2, 0.25) is 0 Å². The van der Waals surface area contributed by atoms with Gasteiger partial charge in [0.25, 0.3) is 0 Å². The van der Waals surface area contributed by atoms with E-state index in [9.17, 15) is 0 Å². The molecular formula is C20H26N2O3S. The van der Waals surface area contributed by atoms with Gasteiger partial charge in [0, 0.05) is 6.07 Å². The molecule has 0 bridgehead atoms. The molecule has 26 heavy (non-hydrogen) atoms. The normalized spacial score (nSPS) is 11.4. The van der Waals surface area contributed by atoms with Crippen LogP contribution in [0.3, 0.4) is 0 Å². The fraction of sp³-hybridized carbons (Fsp3) is 0.350. The number of aryl methyl sites for hydroxylation is 2. The highest BCUT2D eigenvalue weighted by Gasteiger charge is 2.10. The van der Waals surface area contributed by atoms with E-state index < -0.39 is 0 Å². The highest BCUT2D eigenvalue weighted by Crippen LogP contribution is 2.28. The topological polar surface area (TPSA) is 51.8 Å². The predicted molar refractivity (Wildman–Crippen MR) is 110 cm³/mol. The third-order valence-corrected chi connectivity index (χ3v) is 4.23. The first-order chi connectivity index (χ1) is 12.4. The Bertz CT molecular complexity index is 765. The maximum atomic E-state index is 5.84. The molecule has 0 radical (unpaired) electrons. The van der Waals surface area contributed by atoms with Gasteiger partial charge in [0.15, 0.2) is 5.11 Å². The number of hydrogen-bond acceptors (Lipinski definition) is 4. The summed E-state index contributed by atoms with van der Waals surface area (Å²) < 4.78 is 16.4. The van der Waals surface area contributed by atoms with E-state index in [2.05, 4.69) is 30.5 Å². The van der Waals surface area contributed by atoms with E-state index in [4.69, 9.17) is 26.4 Å². The van der Waals surface area contributed by atoms with E-state index in [0.717, 1.165) is 17.2 Å². The van der Waals surface area contributed by atoms with Gasteiger partial charge >= 0.3 is 0 Å². The van der Waals surface area contributed by atoms with Crippen LogP contribution < -0.4 is 24.8 Å². The van der Waals surface area contributed by atoms with Crippen molar-refractivity contribution in [2.24, 2.45) is 0 Å². The van der Waals surface area contributed by atoms with Crippen LogP contribution in [-0.2, 0) is 0 Å². The number of anilines is 1. The molecule has 2 rings (SSSR count). The van der Waals surface area contributed by atoms with Gasteiger partial charge in [-0.25, -0.2) is 0 Å². The van der Waals surface area contributed by atoms with Gasteiger partial charge in [0.05, 0.1) is 25.9 Å². The quantitative estimate of drug-likeness (QED) is 0.713. The first-order valence-corrected chi connectivity index (χ1v) is 8.83. The lowest BCUT2D eigenvalue weighted by molar-refractivity contribution is 0.287. The predicted octanol–water partition coefficient (Wildman–Crippen LogP) is 4.07. The molecule has 0 spiro atoms. The van der Waals surface area contributed by atoms with Gasteiger partial charge in [-0.2, -0.15) is 0 Å². The lowest BCUT2D eigenvalue weighted by atomic mass is 10.1. The largest absolute Gasteiger partial charge is 0.497 e. The molecule has 0 aliphatic rings. The molecule has 2 N–H and O–H groups in total. The molecule has 2 aromatic carbocycles. The van der Waals surface area contributed by atoms with Gasteiger partial charge in [-0.3, -0.25) is 0 Å². The van der Waals surface area contributed by atoms with Gasteiger partial charge in [-0.05, 0) is 68.4 Å². The van der Waals surface area contributed by atoms with Crippen molar-refractivity contribution in [3.05, 3.63) is 47.5 Å². The van der Waals surface area contributed by atoms with E-state index in [0.29, 0.717) is 17.5 Å². The molecule has 2 aromatic rings. The van der Waals surface area contributed by atoms with Crippen LogP contribution in [0, 0.1) is 13.8 Å². The first kappa shape index (κ1) is 19.8. The second kappa shape index (κ2) is 9.29. The summed E-state index contributed by atoms with van der Waals surface area (Å²) in [7, 11) is 3.22. The van der Waals surface area contributed by atoms with Crippen LogP contribution in [0.25, 0.3) is 0 Å². The van der Waals surface area contributed by atoms with Crippen LogP contribution in [0.15, 0.2) is 36.4 Å². The van der Waals surface area contributed by atoms with Crippen molar-refractivity contribution in [1.29, 1.82) is 0 Å². The second-order valence-electron chi connectivity index (χ2n) is 6.12. The third kappa shape index (κ3) is 5.52. The Kier molecular flexibility index (Phi) is 7.09. The fourth-order valence-corrected chi connectivity index (χ4v) is 2.66. The minimum absolute atomic E-state index is 0.0425. The lowest BCUT2D eigenvalue weighted by Crippen LogP contribution is -2.39. The van der Waals surface area contributed by atoms with Crippen molar-refractivity contribution in [3.63, 3.8) is 0 Å². The number of benzene rings is 2. The van der Waals surface area contributed by atoms with Crippen molar-refractivity contribution in [2.45, 2.75) is 26.8 Å². The highest BCUT2D eigenvalue weighted by atomic mass is 32.1. The monoisotopic (exact) mass is 374 g/mol. The Morgan fingerprint density at radius 2 is 1.73 bits per heavy atom. The molecule has 0 saturated heterocycles. The molecule has 0 fully saturated rings. The van der Waals surface area contributed by atoms with Crippen molar-refractivity contribution < 1.29 is 14.2 Å². The number of methoxy groups -OCH3 is 2. The van der Waals surface area contributed by atoms with Gasteiger partial charge in [0.2, 0.25) is 0 Å². The number of thiocarbonyl (C=S) groups is 1. The van der Waals surface area contributed by atoms with Gasteiger partial charge in [-0.1, -0.05) is 6.07 Å². The summed E-state index contributed by atoms with van der Waals surface area (Å²) >= 11 is 5.39. The van der Waals surface area contributed by atoms with Crippen LogP contribution in [-0.4, -0.2) is 32.0 Å². The fourth-order valence-electron chi connectivity index (χ4n) is 2.35. The average molecular weight is 375 g/mol. The standard InChI is InChI=1S/C20H26N2O3S/c1-13-6-7-17(10-14(13)2)25-12-15(3)21-20(26)22-18-9-8-16(23-4)11-19(18)24-5/h6-11,15H,12H2,1-5H3,(H2,21,22,26). The molecule has 0 aliphatic carbocycles. The summed E-state index contributed by atoms with van der Waals surface area (Å²) in [5.74, 6) is 2.24. The molecular weight excluding hydrogens is 348 g/mol. The number of rotatable bonds is 7. The molecule has 5 nitrogen and oxygen atoms in total. The summed E-state index contributed by atoms with van der Waals surface area (Å²) in [5.41, 5.74) is 3.24. The molecule has 0 aromatic heterocycles. The van der Waals surface area contributed by atoms with E-state index in [1.54, 1.807) is 20.3 Å². The highest BCUT2D eigenvalue weighted by molar-refractivity contribution is 7.80. The van der Waals surface area contributed by atoms with Crippen molar-refractivity contribution in [2.75, 3.05) is 26.1 Å². The minimum Gasteiger partial charge on any atom is -0.497 e. The van der Waals surface area contributed by atoms with Crippen LogP contribution >= 0.6 is 12.2 Å². The molecule has 140 valence electrons. The van der Waals surface area contributed by atoms with Gasteiger partial charge < -0.3 is 24.8 Å². The lowest BCUT2D eigenvalue weighted by Gasteiger charge is -2.19. The molecule has 6 heteroatoms. The summed E-state index contributed by atoms with van der Waals surface area (Å²) in [5, 5.41) is 6.86. The Hall–Kier alpha value is -2.47. The summed E-state index contributed by atoms with van der Waals surface area (Å²) in [4.78, 5) is 0. The van der Waals surface area contributed by atoms with Crippen molar-refractivity contribution in [1.82, 2.24) is 5.32 Å². The maximum absolute atomic E-state index is 5.84. The van der Waals surface area contributed by atoms with E-state index >= 15 is 0 Å². The number of ether oxygens (including phenoxy) is 3. The Morgan fingerprint density at radius 1 is 1.00 bits per heavy atom. The van der Waals surface area contributed by atoms with Crippen LogP contribution in [0.5, 0.6) is 17.2 Å². The average Bonchev–Trinajstić information content (AvgIpc) is 2.63. The van der Waals surface area contributed by atoms with Gasteiger partial charge in [-0.15, -0.1) is 0 Å². The van der Waals surface area contributed by atoms with Crippen LogP contribution in [0.1, 0.15) is 18.1 Å². The molecule has 0 heterocycles. The third-order valence-electron chi connectivity index (χ3n) is 4.01. The summed E-state index contributed by atoms with van der Waals surface area (Å²) in [6.45, 7) is 6.68. The molecule has 0 amide bonds. The van der Waals surface area contributed by atoms with E-state index in [1.165, 1.54) is 11.1 Å². The molecule has 0 saturated carbocycles. The molecule has 1 unspecified atom stereocenters. The van der Waals surface area contributed by atoms with E-state index in [1.807, 2.05) is 31.2 Å². The second-order valence-corrected chi connectivity index (χ2v) is 6.53. The zero-order valence-electron chi connectivity index (χ0n) is 15.9. The number of nitrogens with one attached hydrogen (secondary N) is 2. The first-order valence-electron chi connectivity index (χ1n) is 8.42. The Balaban J connectivity index is 1.87. The van der Waals surface area contributed by atoms with Crippen molar-refractivity contribution >= 4 is 23.0 Å². The SMILES string of the molecule is COc1ccc(NC(=S)NC(C)COc2ccc(C)c(C)c2)c(OC)c1.